The minimum absolute atomic E-state index is 0.00767. The second-order valence-electron chi connectivity index (χ2n) is 8.09. The van der Waals surface area contributed by atoms with Gasteiger partial charge in [-0.15, -0.1) is 0 Å². The van der Waals surface area contributed by atoms with Crippen LogP contribution in [0.4, 0.5) is 4.79 Å². The van der Waals surface area contributed by atoms with Gasteiger partial charge in [-0.2, -0.15) is 0 Å². The predicted octanol–water partition coefficient (Wildman–Crippen LogP) is 4.37. The maximum absolute atomic E-state index is 12.7. The minimum Gasteiger partial charge on any atom is -0.481 e. The van der Waals surface area contributed by atoms with Crippen molar-refractivity contribution >= 4 is 12.1 Å². The van der Waals surface area contributed by atoms with E-state index in [-0.39, 0.29) is 25.0 Å². The molecule has 1 saturated heterocycles. The van der Waals surface area contributed by atoms with Gasteiger partial charge in [0.2, 0.25) is 0 Å². The van der Waals surface area contributed by atoms with Crippen LogP contribution in [0.25, 0.3) is 11.1 Å². The van der Waals surface area contributed by atoms with E-state index in [1.54, 1.807) is 4.90 Å². The molecule has 5 heteroatoms. The van der Waals surface area contributed by atoms with Crippen LogP contribution in [0.15, 0.2) is 48.5 Å². The molecule has 1 N–H and O–H groups in total. The van der Waals surface area contributed by atoms with Crippen LogP contribution >= 0.6 is 0 Å². The molecule has 1 aliphatic heterocycles. The summed E-state index contributed by atoms with van der Waals surface area (Å²) in [6, 6.07) is 16.4. The van der Waals surface area contributed by atoms with Crippen LogP contribution in [0.2, 0.25) is 0 Å². The molecule has 0 aromatic heterocycles. The predicted molar refractivity (Wildman–Crippen MR) is 106 cm³/mol. The standard InChI is InChI=1S/C23H25NO4/c1-15(2)23(21(25)26)11-12-24(14-23)22(27)28-13-20-18-9-5-3-7-16(18)17-8-4-6-10-19(17)20/h3-10,15,20H,11-14H2,1-2H3,(H,25,26). The molecule has 2 aromatic carbocycles. The van der Waals surface area contributed by atoms with Gasteiger partial charge in [-0.05, 0) is 34.6 Å². The first-order valence-corrected chi connectivity index (χ1v) is 9.77. The van der Waals surface area contributed by atoms with Gasteiger partial charge in [0, 0.05) is 19.0 Å². The summed E-state index contributed by atoms with van der Waals surface area (Å²) in [6.45, 7) is 4.67. The third kappa shape index (κ3) is 2.86. The van der Waals surface area contributed by atoms with Crippen LogP contribution in [-0.4, -0.2) is 41.8 Å². The summed E-state index contributed by atoms with van der Waals surface area (Å²) in [4.78, 5) is 26.0. The Morgan fingerprint density at radius 3 is 2.18 bits per heavy atom. The largest absolute Gasteiger partial charge is 0.481 e. The Morgan fingerprint density at radius 2 is 1.68 bits per heavy atom. The molecule has 28 heavy (non-hydrogen) atoms. The van der Waals surface area contributed by atoms with Crippen molar-refractivity contribution in [1.82, 2.24) is 4.90 Å². The number of carboxylic acids is 1. The lowest BCUT2D eigenvalue weighted by molar-refractivity contribution is -0.150. The molecule has 0 bridgehead atoms. The highest BCUT2D eigenvalue weighted by atomic mass is 16.6. The molecule has 2 aliphatic rings. The highest BCUT2D eigenvalue weighted by Crippen LogP contribution is 2.45. The number of carboxylic acid groups (broad SMARTS) is 1. The molecular weight excluding hydrogens is 354 g/mol. The van der Waals surface area contributed by atoms with Crippen LogP contribution < -0.4 is 0 Å². The lowest BCUT2D eigenvalue weighted by atomic mass is 9.76. The number of nitrogens with zero attached hydrogens (tertiary/aromatic N) is 1. The highest BCUT2D eigenvalue weighted by molar-refractivity contribution is 5.80. The van der Waals surface area contributed by atoms with Gasteiger partial charge >= 0.3 is 12.1 Å². The number of carbonyl (C=O) groups excluding carboxylic acids is 1. The van der Waals surface area contributed by atoms with Crippen molar-refractivity contribution in [1.29, 1.82) is 0 Å². The van der Waals surface area contributed by atoms with E-state index in [9.17, 15) is 14.7 Å². The third-order valence-electron chi connectivity index (χ3n) is 6.43. The van der Waals surface area contributed by atoms with Crippen molar-refractivity contribution < 1.29 is 19.4 Å². The minimum atomic E-state index is -0.883. The van der Waals surface area contributed by atoms with Crippen molar-refractivity contribution in [2.45, 2.75) is 26.2 Å². The SMILES string of the molecule is CC(C)C1(C(=O)O)CCN(C(=O)OCC2c3ccccc3-c3ccccc32)C1. The van der Waals surface area contributed by atoms with E-state index in [1.807, 2.05) is 38.1 Å². The van der Waals surface area contributed by atoms with Gasteiger partial charge in [0.25, 0.3) is 0 Å². The zero-order valence-corrected chi connectivity index (χ0v) is 16.2. The number of aliphatic carboxylic acids is 1. The molecule has 0 spiro atoms. The Kier molecular flexibility index (Phi) is 4.61. The van der Waals surface area contributed by atoms with Crippen LogP contribution in [-0.2, 0) is 9.53 Å². The Morgan fingerprint density at radius 1 is 1.11 bits per heavy atom. The normalized spacial score (nSPS) is 20.9. The summed E-state index contributed by atoms with van der Waals surface area (Å²) in [7, 11) is 0. The van der Waals surface area contributed by atoms with Crippen molar-refractivity contribution in [2.75, 3.05) is 19.7 Å². The lowest BCUT2D eigenvalue weighted by Gasteiger charge is -2.28. The second kappa shape index (κ2) is 6.97. The van der Waals surface area contributed by atoms with Gasteiger partial charge in [0.1, 0.15) is 6.61 Å². The highest BCUT2D eigenvalue weighted by Gasteiger charge is 2.49. The third-order valence-corrected chi connectivity index (χ3v) is 6.43. The molecular formula is C23H25NO4. The molecule has 1 atom stereocenters. The van der Waals surface area contributed by atoms with Crippen LogP contribution in [0, 0.1) is 11.3 Å². The fourth-order valence-electron chi connectivity index (χ4n) is 4.57. The van der Waals surface area contributed by atoms with E-state index in [0.717, 1.165) is 0 Å². The average Bonchev–Trinajstić information content (AvgIpc) is 3.28. The number of amides is 1. The Balaban J connectivity index is 1.48. The molecule has 1 aliphatic carbocycles. The molecule has 1 unspecified atom stereocenters. The first-order valence-electron chi connectivity index (χ1n) is 9.77. The van der Waals surface area contributed by atoms with E-state index in [1.165, 1.54) is 22.3 Å². The molecule has 0 saturated carbocycles. The van der Waals surface area contributed by atoms with Gasteiger partial charge in [-0.25, -0.2) is 4.79 Å². The molecule has 0 radical (unpaired) electrons. The maximum atomic E-state index is 12.7. The van der Waals surface area contributed by atoms with E-state index in [0.29, 0.717) is 13.0 Å². The number of carbonyl (C=O) groups is 2. The summed E-state index contributed by atoms with van der Waals surface area (Å²) < 4.78 is 5.67. The topological polar surface area (TPSA) is 66.8 Å². The average molecular weight is 379 g/mol. The Bertz CT molecular complexity index is 877. The summed E-state index contributed by atoms with van der Waals surface area (Å²) in [5, 5.41) is 9.68. The van der Waals surface area contributed by atoms with Gasteiger partial charge in [-0.1, -0.05) is 62.4 Å². The summed E-state index contributed by atoms with van der Waals surface area (Å²) in [6.07, 6.45) is 0.0372. The summed E-state index contributed by atoms with van der Waals surface area (Å²) >= 11 is 0. The van der Waals surface area contributed by atoms with Gasteiger partial charge in [-0.3, -0.25) is 4.79 Å². The number of hydrogen-bond acceptors (Lipinski definition) is 3. The number of rotatable bonds is 4. The summed E-state index contributed by atoms with van der Waals surface area (Å²) in [5.41, 5.74) is 3.82. The number of hydrogen-bond donors (Lipinski definition) is 1. The zero-order chi connectivity index (χ0) is 19.9. The Hall–Kier alpha value is -2.82. The molecule has 1 fully saturated rings. The summed E-state index contributed by atoms with van der Waals surface area (Å²) in [5.74, 6) is -0.874. The number of likely N-dealkylation sites (tertiary alicyclic amines) is 1. The van der Waals surface area contributed by atoms with Gasteiger partial charge < -0.3 is 14.7 Å². The number of fused-ring (bicyclic) bond motifs is 3. The second-order valence-corrected chi connectivity index (χ2v) is 8.09. The van der Waals surface area contributed by atoms with Crippen molar-refractivity contribution in [3.63, 3.8) is 0 Å². The first kappa shape index (κ1) is 18.5. The van der Waals surface area contributed by atoms with Crippen LogP contribution in [0.3, 0.4) is 0 Å². The van der Waals surface area contributed by atoms with Crippen molar-refractivity contribution in [2.24, 2.45) is 11.3 Å². The molecule has 4 rings (SSSR count). The van der Waals surface area contributed by atoms with E-state index in [2.05, 4.69) is 24.3 Å². The fourth-order valence-corrected chi connectivity index (χ4v) is 4.57. The molecule has 146 valence electrons. The molecule has 1 amide bonds. The number of ether oxygens (including phenoxy) is 1. The smallest absolute Gasteiger partial charge is 0.409 e. The Labute approximate surface area is 164 Å². The van der Waals surface area contributed by atoms with E-state index < -0.39 is 17.5 Å². The monoisotopic (exact) mass is 379 g/mol. The lowest BCUT2D eigenvalue weighted by Crippen LogP contribution is -2.41. The zero-order valence-electron chi connectivity index (χ0n) is 16.2. The van der Waals surface area contributed by atoms with Crippen LogP contribution in [0.1, 0.15) is 37.3 Å². The van der Waals surface area contributed by atoms with E-state index >= 15 is 0 Å². The molecule has 1 heterocycles. The van der Waals surface area contributed by atoms with Crippen molar-refractivity contribution in [3.05, 3.63) is 59.7 Å². The quantitative estimate of drug-likeness (QED) is 0.857. The first-order chi connectivity index (χ1) is 13.4. The molecule has 5 nitrogen and oxygen atoms in total. The van der Waals surface area contributed by atoms with Crippen LogP contribution in [0.5, 0.6) is 0 Å². The number of benzene rings is 2. The van der Waals surface area contributed by atoms with Crippen molar-refractivity contribution in [3.8, 4) is 11.1 Å². The van der Waals surface area contributed by atoms with Gasteiger partial charge in [0.05, 0.1) is 5.41 Å². The van der Waals surface area contributed by atoms with E-state index in [4.69, 9.17) is 4.74 Å². The molecule has 2 aromatic rings. The maximum Gasteiger partial charge on any atom is 0.409 e. The fraction of sp³-hybridized carbons (Fsp3) is 0.391. The van der Waals surface area contributed by atoms with Gasteiger partial charge in [0.15, 0.2) is 0 Å².